The van der Waals surface area contributed by atoms with Crippen molar-refractivity contribution in [2.75, 3.05) is 18.0 Å². The highest BCUT2D eigenvalue weighted by Crippen LogP contribution is 2.37. The Labute approximate surface area is 147 Å². The van der Waals surface area contributed by atoms with Gasteiger partial charge in [0, 0.05) is 12.2 Å². The fourth-order valence-electron chi connectivity index (χ4n) is 3.76. The monoisotopic (exact) mass is 334 g/mol. The lowest BCUT2D eigenvalue weighted by Gasteiger charge is -2.42. The Morgan fingerprint density at radius 3 is 2.32 bits per heavy atom. The van der Waals surface area contributed by atoms with Crippen LogP contribution < -0.4 is 15.5 Å². The number of aliphatic imine (C=N–C) groups is 1. The summed E-state index contributed by atoms with van der Waals surface area (Å²) >= 11 is 0. The predicted octanol–water partition coefficient (Wildman–Crippen LogP) is 2.94. The van der Waals surface area contributed by atoms with E-state index in [-0.39, 0.29) is 11.6 Å². The third-order valence-corrected chi connectivity index (χ3v) is 5.02. The average molecular weight is 334 g/mol. The molecule has 2 aromatic carbocycles. The average Bonchev–Trinajstić information content (AvgIpc) is 2.93. The molecular formula is C20H22N4O. The maximum absolute atomic E-state index is 12.7. The van der Waals surface area contributed by atoms with Crippen LogP contribution in [0.2, 0.25) is 0 Å². The summed E-state index contributed by atoms with van der Waals surface area (Å²) in [5, 5.41) is 6.84. The lowest BCUT2D eigenvalue weighted by atomic mass is 9.85. The summed E-state index contributed by atoms with van der Waals surface area (Å²) in [6.07, 6.45) is 1.71. The van der Waals surface area contributed by atoms with Crippen LogP contribution in [0.1, 0.15) is 18.4 Å². The topological polar surface area (TPSA) is 56.7 Å². The number of rotatable bonds is 3. The minimum absolute atomic E-state index is 0.177. The first-order valence-corrected chi connectivity index (χ1v) is 8.76. The van der Waals surface area contributed by atoms with E-state index in [0.717, 1.165) is 37.5 Å². The number of nitrogens with one attached hydrogen (secondary N) is 2. The zero-order valence-corrected chi connectivity index (χ0v) is 14.1. The highest BCUT2D eigenvalue weighted by Gasteiger charge is 2.50. The summed E-state index contributed by atoms with van der Waals surface area (Å²) in [4.78, 5) is 19.0. The third-order valence-electron chi connectivity index (χ3n) is 5.02. The molecular weight excluding hydrogens is 312 g/mol. The summed E-state index contributed by atoms with van der Waals surface area (Å²) in [5.74, 6) is 0.798. The van der Waals surface area contributed by atoms with Gasteiger partial charge in [0.05, 0.1) is 0 Å². The molecule has 0 radical (unpaired) electrons. The molecule has 2 aliphatic rings. The quantitative estimate of drug-likeness (QED) is 0.907. The lowest BCUT2D eigenvalue weighted by Crippen LogP contribution is -2.60. The molecule has 2 heterocycles. The Balaban J connectivity index is 1.64. The molecule has 2 amide bonds. The highest BCUT2D eigenvalue weighted by molar-refractivity contribution is 6.16. The minimum Gasteiger partial charge on any atom is -0.367 e. The van der Waals surface area contributed by atoms with E-state index < -0.39 is 0 Å². The van der Waals surface area contributed by atoms with Gasteiger partial charge in [-0.25, -0.2) is 4.79 Å². The van der Waals surface area contributed by atoms with Gasteiger partial charge in [-0.1, -0.05) is 48.5 Å². The normalized spacial score (nSPS) is 19.1. The van der Waals surface area contributed by atoms with Crippen LogP contribution in [0.15, 0.2) is 65.7 Å². The van der Waals surface area contributed by atoms with Gasteiger partial charge in [-0.05, 0) is 43.6 Å². The Kier molecular flexibility index (Phi) is 4.24. The predicted molar refractivity (Wildman–Crippen MR) is 99.9 cm³/mol. The standard InChI is InChI=1S/C20H22N4O/c25-19-23-18(22-15-16-7-3-1-4-8-16)20(11-13-21-14-12-20)24(19)17-9-5-2-6-10-17/h1-10,21H,11-15H2,(H,22,23,25). The number of amidine groups is 1. The van der Waals surface area contributed by atoms with Gasteiger partial charge in [0.15, 0.2) is 0 Å². The van der Waals surface area contributed by atoms with Crippen molar-refractivity contribution in [1.29, 1.82) is 0 Å². The van der Waals surface area contributed by atoms with Crippen molar-refractivity contribution in [3.05, 3.63) is 66.2 Å². The van der Waals surface area contributed by atoms with Gasteiger partial charge < -0.3 is 10.6 Å². The second-order valence-corrected chi connectivity index (χ2v) is 6.53. The molecule has 0 bridgehead atoms. The SMILES string of the molecule is O=C1N=C(NCc2ccccc2)C2(CCNCC2)N1c1ccccc1. The highest BCUT2D eigenvalue weighted by atomic mass is 16.2. The van der Waals surface area contributed by atoms with Crippen molar-refractivity contribution < 1.29 is 4.79 Å². The molecule has 0 aromatic heterocycles. The van der Waals surface area contributed by atoms with E-state index in [1.165, 1.54) is 5.56 Å². The first-order valence-electron chi connectivity index (χ1n) is 8.76. The van der Waals surface area contributed by atoms with Crippen LogP contribution in [0.3, 0.4) is 0 Å². The summed E-state index contributed by atoms with van der Waals surface area (Å²) in [6.45, 7) is 2.43. The number of urea groups is 1. The second kappa shape index (κ2) is 6.69. The largest absolute Gasteiger partial charge is 0.367 e. The van der Waals surface area contributed by atoms with Crippen molar-refractivity contribution in [1.82, 2.24) is 10.6 Å². The van der Waals surface area contributed by atoms with Crippen LogP contribution in [-0.4, -0.2) is 30.5 Å². The summed E-state index contributed by atoms with van der Waals surface area (Å²) in [5.41, 5.74) is 1.72. The number of hydrogen-bond donors (Lipinski definition) is 2. The zero-order valence-electron chi connectivity index (χ0n) is 14.1. The molecule has 25 heavy (non-hydrogen) atoms. The van der Waals surface area contributed by atoms with Gasteiger partial charge >= 0.3 is 6.03 Å². The van der Waals surface area contributed by atoms with Crippen LogP contribution in [0, 0.1) is 0 Å². The van der Waals surface area contributed by atoms with E-state index in [9.17, 15) is 4.79 Å². The molecule has 2 aliphatic heterocycles. The molecule has 0 unspecified atom stereocenters. The smallest absolute Gasteiger partial charge is 0.350 e. The van der Waals surface area contributed by atoms with Crippen LogP contribution in [-0.2, 0) is 6.54 Å². The van der Waals surface area contributed by atoms with Gasteiger partial charge in [0.2, 0.25) is 0 Å². The maximum atomic E-state index is 12.7. The molecule has 5 heteroatoms. The number of benzene rings is 2. The number of nitrogens with zero attached hydrogens (tertiary/aromatic N) is 2. The number of para-hydroxylation sites is 1. The molecule has 1 saturated heterocycles. The molecule has 2 aromatic rings. The van der Waals surface area contributed by atoms with E-state index in [4.69, 9.17) is 0 Å². The van der Waals surface area contributed by atoms with Crippen LogP contribution in [0.5, 0.6) is 0 Å². The van der Waals surface area contributed by atoms with E-state index in [2.05, 4.69) is 27.8 Å². The Morgan fingerprint density at radius 2 is 1.64 bits per heavy atom. The molecule has 4 rings (SSSR count). The minimum atomic E-state index is -0.377. The van der Waals surface area contributed by atoms with Crippen molar-refractivity contribution in [3.8, 4) is 0 Å². The van der Waals surface area contributed by atoms with Crippen LogP contribution in [0.4, 0.5) is 10.5 Å². The Bertz CT molecular complexity index is 767. The number of carbonyl (C=O) groups excluding carboxylic acids is 1. The van der Waals surface area contributed by atoms with Crippen molar-refractivity contribution in [2.24, 2.45) is 4.99 Å². The molecule has 0 saturated carbocycles. The molecule has 5 nitrogen and oxygen atoms in total. The number of amides is 2. The molecule has 1 fully saturated rings. The summed E-state index contributed by atoms with van der Waals surface area (Å²) < 4.78 is 0. The number of hydrogen-bond acceptors (Lipinski definition) is 3. The Hall–Kier alpha value is -2.66. The van der Waals surface area contributed by atoms with Gasteiger partial charge in [0.25, 0.3) is 0 Å². The van der Waals surface area contributed by atoms with Gasteiger partial charge in [-0.2, -0.15) is 4.99 Å². The fourth-order valence-corrected chi connectivity index (χ4v) is 3.76. The summed E-state index contributed by atoms with van der Waals surface area (Å²) in [6, 6.07) is 19.9. The number of piperidine rings is 1. The van der Waals surface area contributed by atoms with Gasteiger partial charge in [-0.15, -0.1) is 0 Å². The first kappa shape index (κ1) is 15.8. The molecule has 2 N–H and O–H groups in total. The van der Waals surface area contributed by atoms with Crippen LogP contribution in [0.25, 0.3) is 0 Å². The zero-order chi connectivity index (χ0) is 17.1. The fraction of sp³-hybridized carbons (Fsp3) is 0.300. The van der Waals surface area contributed by atoms with E-state index in [1.807, 2.05) is 53.4 Å². The molecule has 1 spiro atoms. The number of anilines is 1. The summed E-state index contributed by atoms with van der Waals surface area (Å²) in [7, 11) is 0. The van der Waals surface area contributed by atoms with Crippen molar-refractivity contribution in [3.63, 3.8) is 0 Å². The van der Waals surface area contributed by atoms with Crippen LogP contribution >= 0.6 is 0 Å². The Morgan fingerprint density at radius 1 is 1.00 bits per heavy atom. The van der Waals surface area contributed by atoms with Crippen molar-refractivity contribution >= 4 is 17.6 Å². The lowest BCUT2D eigenvalue weighted by molar-refractivity contribution is 0.250. The van der Waals surface area contributed by atoms with Crippen molar-refractivity contribution in [2.45, 2.75) is 24.9 Å². The molecule has 0 aliphatic carbocycles. The van der Waals surface area contributed by atoms with E-state index in [0.29, 0.717) is 6.54 Å². The molecule has 0 atom stereocenters. The third kappa shape index (κ3) is 2.91. The van der Waals surface area contributed by atoms with Gasteiger partial charge in [-0.3, -0.25) is 4.90 Å². The molecule has 128 valence electrons. The number of carbonyl (C=O) groups is 1. The van der Waals surface area contributed by atoms with E-state index in [1.54, 1.807) is 0 Å². The first-order chi connectivity index (χ1) is 12.3. The second-order valence-electron chi connectivity index (χ2n) is 6.53. The van der Waals surface area contributed by atoms with E-state index >= 15 is 0 Å². The maximum Gasteiger partial charge on any atom is 0.350 e. The van der Waals surface area contributed by atoms with Gasteiger partial charge in [0.1, 0.15) is 11.4 Å².